The topological polar surface area (TPSA) is 116 Å². The van der Waals surface area contributed by atoms with Crippen molar-refractivity contribution in [1.29, 1.82) is 0 Å². The SMILES string of the molecule is Cc1nccc(OC2CCCN(S(=O)(=O)c3ccccc3[N+](=O)[O-])C2)n1. The number of ether oxygens (including phenoxy) is 1. The first-order valence-corrected chi connectivity index (χ1v) is 9.52. The van der Waals surface area contributed by atoms with Crippen LogP contribution in [0.2, 0.25) is 0 Å². The number of aromatic nitrogens is 2. The molecule has 138 valence electrons. The highest BCUT2D eigenvalue weighted by molar-refractivity contribution is 7.89. The number of benzene rings is 1. The first-order valence-electron chi connectivity index (χ1n) is 8.08. The molecule has 3 rings (SSSR count). The summed E-state index contributed by atoms with van der Waals surface area (Å²) < 4.78 is 32.8. The molecule has 1 unspecified atom stereocenters. The third-order valence-electron chi connectivity index (χ3n) is 4.06. The summed E-state index contributed by atoms with van der Waals surface area (Å²) in [5, 5.41) is 11.2. The van der Waals surface area contributed by atoms with Crippen molar-refractivity contribution < 1.29 is 18.1 Å². The second kappa shape index (κ2) is 7.34. The molecule has 0 amide bonds. The Labute approximate surface area is 150 Å². The van der Waals surface area contributed by atoms with Gasteiger partial charge in [-0.05, 0) is 25.8 Å². The average molecular weight is 378 g/mol. The van der Waals surface area contributed by atoms with Crippen LogP contribution in [-0.4, -0.2) is 46.8 Å². The molecule has 0 spiro atoms. The van der Waals surface area contributed by atoms with E-state index in [1.54, 1.807) is 19.2 Å². The first-order chi connectivity index (χ1) is 12.4. The van der Waals surface area contributed by atoms with Gasteiger partial charge in [-0.3, -0.25) is 10.1 Å². The zero-order valence-corrected chi connectivity index (χ0v) is 14.9. The number of hydrogen-bond donors (Lipinski definition) is 0. The molecule has 0 saturated carbocycles. The molecule has 0 N–H and O–H groups in total. The number of nitro benzene ring substituents is 1. The van der Waals surface area contributed by atoms with Crippen molar-refractivity contribution in [3.63, 3.8) is 0 Å². The van der Waals surface area contributed by atoms with E-state index in [0.717, 1.165) is 0 Å². The number of nitro groups is 1. The van der Waals surface area contributed by atoms with Crippen LogP contribution in [0.5, 0.6) is 5.88 Å². The van der Waals surface area contributed by atoms with Crippen LogP contribution in [0.15, 0.2) is 41.4 Å². The van der Waals surface area contributed by atoms with E-state index in [4.69, 9.17) is 4.74 Å². The van der Waals surface area contributed by atoms with Gasteiger partial charge in [-0.1, -0.05) is 12.1 Å². The Morgan fingerprint density at radius 1 is 1.31 bits per heavy atom. The Bertz CT molecular complexity index is 918. The lowest BCUT2D eigenvalue weighted by Gasteiger charge is -2.31. The molecule has 1 aromatic heterocycles. The maximum absolute atomic E-state index is 12.9. The number of aryl methyl sites for hydroxylation is 1. The number of sulfonamides is 1. The van der Waals surface area contributed by atoms with Crippen molar-refractivity contribution in [3.8, 4) is 5.88 Å². The monoisotopic (exact) mass is 378 g/mol. The molecule has 26 heavy (non-hydrogen) atoms. The van der Waals surface area contributed by atoms with Crippen molar-refractivity contribution in [3.05, 3.63) is 52.5 Å². The minimum atomic E-state index is -3.99. The summed E-state index contributed by atoms with van der Waals surface area (Å²) in [4.78, 5) is 18.3. The van der Waals surface area contributed by atoms with E-state index >= 15 is 0 Å². The van der Waals surface area contributed by atoms with Gasteiger partial charge in [0.1, 0.15) is 11.9 Å². The maximum Gasteiger partial charge on any atom is 0.289 e. The predicted octanol–water partition coefficient (Wildman–Crippen LogP) is 1.93. The minimum absolute atomic E-state index is 0.109. The van der Waals surface area contributed by atoms with Gasteiger partial charge in [0, 0.05) is 24.9 Å². The van der Waals surface area contributed by atoms with Crippen molar-refractivity contribution in [2.75, 3.05) is 13.1 Å². The van der Waals surface area contributed by atoms with E-state index in [1.165, 1.54) is 28.6 Å². The second-order valence-electron chi connectivity index (χ2n) is 5.91. The lowest BCUT2D eigenvalue weighted by Crippen LogP contribution is -2.44. The molecule has 2 heterocycles. The molecule has 2 aromatic rings. The van der Waals surface area contributed by atoms with E-state index < -0.39 is 20.6 Å². The van der Waals surface area contributed by atoms with Gasteiger partial charge in [0.05, 0.1) is 11.5 Å². The van der Waals surface area contributed by atoms with Gasteiger partial charge in [0.15, 0.2) is 4.90 Å². The lowest BCUT2D eigenvalue weighted by atomic mass is 10.1. The van der Waals surface area contributed by atoms with Gasteiger partial charge in [-0.2, -0.15) is 9.29 Å². The van der Waals surface area contributed by atoms with E-state index in [0.29, 0.717) is 24.5 Å². The van der Waals surface area contributed by atoms with Crippen LogP contribution < -0.4 is 4.74 Å². The van der Waals surface area contributed by atoms with Crippen LogP contribution in [-0.2, 0) is 10.0 Å². The molecule has 1 atom stereocenters. The molecular weight excluding hydrogens is 360 g/mol. The minimum Gasteiger partial charge on any atom is -0.473 e. The zero-order valence-electron chi connectivity index (χ0n) is 14.1. The fraction of sp³-hybridized carbons (Fsp3) is 0.375. The normalized spacial score (nSPS) is 18.4. The third kappa shape index (κ3) is 3.81. The number of para-hydroxylation sites is 1. The Morgan fingerprint density at radius 2 is 2.08 bits per heavy atom. The Kier molecular flexibility index (Phi) is 5.14. The van der Waals surface area contributed by atoms with Crippen molar-refractivity contribution >= 4 is 15.7 Å². The van der Waals surface area contributed by atoms with Gasteiger partial charge >= 0.3 is 0 Å². The lowest BCUT2D eigenvalue weighted by molar-refractivity contribution is -0.387. The molecule has 1 aliphatic rings. The average Bonchev–Trinajstić information content (AvgIpc) is 2.62. The highest BCUT2D eigenvalue weighted by Crippen LogP contribution is 2.28. The van der Waals surface area contributed by atoms with Gasteiger partial charge in [-0.15, -0.1) is 0 Å². The van der Waals surface area contributed by atoms with E-state index in [2.05, 4.69) is 9.97 Å². The van der Waals surface area contributed by atoms with Gasteiger partial charge in [-0.25, -0.2) is 13.4 Å². The van der Waals surface area contributed by atoms with Crippen LogP contribution in [0.4, 0.5) is 5.69 Å². The number of hydrogen-bond acceptors (Lipinski definition) is 7. The fourth-order valence-electron chi connectivity index (χ4n) is 2.86. The first kappa shape index (κ1) is 18.2. The summed E-state index contributed by atoms with van der Waals surface area (Å²) in [7, 11) is -3.99. The van der Waals surface area contributed by atoms with Crippen LogP contribution >= 0.6 is 0 Å². The Balaban J connectivity index is 1.82. The largest absolute Gasteiger partial charge is 0.473 e. The van der Waals surface area contributed by atoms with Crippen LogP contribution in [0.25, 0.3) is 0 Å². The fourth-order valence-corrected chi connectivity index (χ4v) is 4.52. The third-order valence-corrected chi connectivity index (χ3v) is 5.97. The molecule has 1 aromatic carbocycles. The van der Waals surface area contributed by atoms with Crippen LogP contribution in [0, 0.1) is 17.0 Å². The van der Waals surface area contributed by atoms with Crippen molar-refractivity contribution in [1.82, 2.24) is 14.3 Å². The van der Waals surface area contributed by atoms with Gasteiger partial charge < -0.3 is 4.74 Å². The summed E-state index contributed by atoms with van der Waals surface area (Å²) in [6.07, 6.45) is 2.46. The molecule has 0 bridgehead atoms. The second-order valence-corrected chi connectivity index (χ2v) is 7.82. The molecular formula is C16H18N4O5S. The Hall–Kier alpha value is -2.59. The van der Waals surface area contributed by atoms with E-state index in [9.17, 15) is 18.5 Å². The van der Waals surface area contributed by atoms with Crippen molar-refractivity contribution in [2.45, 2.75) is 30.8 Å². The standard InChI is InChI=1S/C16H18N4O5S/c1-12-17-9-8-16(18-12)25-13-5-4-10-19(11-13)26(23,24)15-7-3-2-6-14(15)20(21)22/h2-3,6-9,13H,4-5,10-11H2,1H3. The van der Waals surface area contributed by atoms with Gasteiger partial charge in [0.2, 0.25) is 15.9 Å². The number of nitrogens with zero attached hydrogens (tertiary/aromatic N) is 4. The maximum atomic E-state index is 12.9. The smallest absolute Gasteiger partial charge is 0.289 e. The van der Waals surface area contributed by atoms with E-state index in [1.807, 2.05) is 0 Å². The predicted molar refractivity (Wildman–Crippen MR) is 92.3 cm³/mol. The molecule has 1 aliphatic heterocycles. The number of piperidine rings is 1. The summed E-state index contributed by atoms with van der Waals surface area (Å²) in [6.45, 7) is 2.13. The molecule has 9 nitrogen and oxygen atoms in total. The highest BCUT2D eigenvalue weighted by Gasteiger charge is 2.35. The molecule has 0 radical (unpaired) electrons. The Morgan fingerprint density at radius 3 is 2.81 bits per heavy atom. The van der Waals surface area contributed by atoms with E-state index in [-0.39, 0.29) is 24.1 Å². The zero-order chi connectivity index (χ0) is 18.7. The molecule has 0 aliphatic carbocycles. The molecule has 1 fully saturated rings. The molecule has 10 heteroatoms. The van der Waals surface area contributed by atoms with Gasteiger partial charge in [0.25, 0.3) is 5.69 Å². The summed E-state index contributed by atoms with van der Waals surface area (Å²) >= 11 is 0. The van der Waals surface area contributed by atoms with Crippen LogP contribution in [0.1, 0.15) is 18.7 Å². The summed E-state index contributed by atoms with van der Waals surface area (Å²) in [5.74, 6) is 0.940. The van der Waals surface area contributed by atoms with Crippen molar-refractivity contribution in [2.24, 2.45) is 0 Å². The molecule has 1 saturated heterocycles. The van der Waals surface area contributed by atoms with Crippen LogP contribution in [0.3, 0.4) is 0 Å². The summed E-state index contributed by atoms with van der Waals surface area (Å²) in [6, 6.07) is 6.97. The highest BCUT2D eigenvalue weighted by atomic mass is 32.2. The number of rotatable bonds is 5. The summed E-state index contributed by atoms with van der Waals surface area (Å²) in [5.41, 5.74) is -0.429. The quantitative estimate of drug-likeness (QED) is 0.576.